The van der Waals surface area contributed by atoms with Crippen LogP contribution in [0, 0.1) is 5.92 Å². The van der Waals surface area contributed by atoms with E-state index in [0.29, 0.717) is 22.6 Å². The summed E-state index contributed by atoms with van der Waals surface area (Å²) in [5.41, 5.74) is 1.86. The number of ketones is 1. The number of benzene rings is 1. The van der Waals surface area contributed by atoms with E-state index < -0.39 is 0 Å². The van der Waals surface area contributed by atoms with Crippen molar-refractivity contribution in [3.05, 3.63) is 59.4 Å². The van der Waals surface area contributed by atoms with Crippen LogP contribution in [0.5, 0.6) is 0 Å². The highest BCUT2D eigenvalue weighted by molar-refractivity contribution is 6.09. The van der Waals surface area contributed by atoms with E-state index in [1.54, 1.807) is 42.7 Å². The maximum Gasteiger partial charge on any atom is 0.254 e. The molecule has 2 aromatic rings. The summed E-state index contributed by atoms with van der Waals surface area (Å²) < 4.78 is 0. The molecule has 5 heteroatoms. The molecule has 2 heterocycles. The number of aromatic amines is 1. The lowest BCUT2D eigenvalue weighted by Gasteiger charge is -2.42. The minimum absolute atomic E-state index is 0.0418. The number of piperazine rings is 1. The first-order valence-electron chi connectivity index (χ1n) is 8.74. The number of carbonyl (C=O) groups is 2. The summed E-state index contributed by atoms with van der Waals surface area (Å²) >= 11 is 0. The summed E-state index contributed by atoms with van der Waals surface area (Å²) in [6, 6.07) is 8.97. The van der Waals surface area contributed by atoms with Crippen molar-refractivity contribution in [2.45, 2.75) is 19.9 Å². The molecule has 132 valence electrons. The minimum Gasteiger partial charge on any atom is -0.367 e. The molecule has 0 saturated carbocycles. The summed E-state index contributed by atoms with van der Waals surface area (Å²) in [7, 11) is 2.10. The van der Waals surface area contributed by atoms with Crippen LogP contribution in [0.15, 0.2) is 42.7 Å². The van der Waals surface area contributed by atoms with Gasteiger partial charge in [-0.3, -0.25) is 9.59 Å². The Hall–Kier alpha value is -2.40. The lowest BCUT2D eigenvalue weighted by atomic mass is 9.98. The molecular formula is C20H25N3O2. The van der Waals surface area contributed by atoms with Gasteiger partial charge in [0.25, 0.3) is 5.91 Å². The first kappa shape index (κ1) is 17.4. The topological polar surface area (TPSA) is 56.4 Å². The van der Waals surface area contributed by atoms with Gasteiger partial charge in [0.15, 0.2) is 5.78 Å². The molecule has 0 spiro atoms. The van der Waals surface area contributed by atoms with Gasteiger partial charge in [-0.15, -0.1) is 0 Å². The number of aromatic nitrogens is 1. The van der Waals surface area contributed by atoms with Crippen LogP contribution in [-0.2, 0) is 0 Å². The normalized spacial score (nSPS) is 18.6. The predicted octanol–water partition coefficient (Wildman–Crippen LogP) is 2.66. The molecule has 0 aliphatic carbocycles. The van der Waals surface area contributed by atoms with Gasteiger partial charge in [0.1, 0.15) is 0 Å². The number of nitrogens with zero attached hydrogens (tertiary/aromatic N) is 2. The summed E-state index contributed by atoms with van der Waals surface area (Å²) in [5.74, 6) is 0.411. The molecular weight excluding hydrogens is 314 g/mol. The molecule has 1 amide bonds. The van der Waals surface area contributed by atoms with Crippen LogP contribution in [0.2, 0.25) is 0 Å². The van der Waals surface area contributed by atoms with Crippen molar-refractivity contribution in [3.8, 4) is 0 Å². The predicted molar refractivity (Wildman–Crippen MR) is 97.8 cm³/mol. The zero-order valence-electron chi connectivity index (χ0n) is 15.0. The summed E-state index contributed by atoms with van der Waals surface area (Å²) in [5, 5.41) is 0. The highest BCUT2D eigenvalue weighted by atomic mass is 16.2. The Balaban J connectivity index is 1.77. The van der Waals surface area contributed by atoms with Crippen molar-refractivity contribution in [3.63, 3.8) is 0 Å². The van der Waals surface area contributed by atoms with Crippen LogP contribution in [0.25, 0.3) is 0 Å². The fraction of sp³-hybridized carbons (Fsp3) is 0.400. The van der Waals surface area contributed by atoms with Gasteiger partial charge in [0.05, 0.1) is 0 Å². The van der Waals surface area contributed by atoms with Gasteiger partial charge >= 0.3 is 0 Å². The molecule has 1 aliphatic heterocycles. The van der Waals surface area contributed by atoms with Gasteiger partial charge in [-0.1, -0.05) is 26.0 Å². The van der Waals surface area contributed by atoms with Crippen LogP contribution >= 0.6 is 0 Å². The van der Waals surface area contributed by atoms with Crippen molar-refractivity contribution >= 4 is 11.7 Å². The van der Waals surface area contributed by atoms with Crippen LogP contribution in [0.1, 0.15) is 40.1 Å². The zero-order chi connectivity index (χ0) is 18.0. The van der Waals surface area contributed by atoms with Crippen molar-refractivity contribution < 1.29 is 9.59 Å². The number of amides is 1. The van der Waals surface area contributed by atoms with Crippen LogP contribution < -0.4 is 0 Å². The molecule has 3 rings (SSSR count). The van der Waals surface area contributed by atoms with E-state index in [1.807, 2.05) is 4.90 Å². The van der Waals surface area contributed by atoms with Crippen molar-refractivity contribution in [1.29, 1.82) is 0 Å². The average Bonchev–Trinajstić information content (AvgIpc) is 3.15. The van der Waals surface area contributed by atoms with Crippen LogP contribution in [0.3, 0.4) is 0 Å². The average molecular weight is 339 g/mol. The quantitative estimate of drug-likeness (QED) is 0.871. The standard InChI is InChI=1S/C20H25N3O2/c1-14(2)18-13-22(3)10-11-23(18)20(25)16-6-4-15(5-7-16)19(24)17-8-9-21-12-17/h4-9,12,14,18,21H,10-11,13H2,1-3H3/t18-/m0/s1. The molecule has 1 atom stereocenters. The van der Waals surface area contributed by atoms with Gasteiger partial charge in [-0.2, -0.15) is 0 Å². The monoisotopic (exact) mass is 339 g/mol. The number of rotatable bonds is 4. The molecule has 1 N–H and O–H groups in total. The minimum atomic E-state index is -0.0418. The lowest BCUT2D eigenvalue weighted by Crippen LogP contribution is -2.56. The smallest absolute Gasteiger partial charge is 0.254 e. The molecule has 1 aliphatic rings. The molecule has 1 aromatic carbocycles. The summed E-state index contributed by atoms with van der Waals surface area (Å²) in [4.78, 5) is 32.4. The van der Waals surface area contributed by atoms with Crippen molar-refractivity contribution in [2.75, 3.05) is 26.7 Å². The molecule has 0 bridgehead atoms. The number of nitrogens with one attached hydrogen (secondary N) is 1. The zero-order valence-corrected chi connectivity index (χ0v) is 15.0. The van der Waals surface area contributed by atoms with E-state index in [4.69, 9.17) is 0 Å². The summed E-state index contributed by atoms with van der Waals surface area (Å²) in [6.45, 7) is 6.83. The van der Waals surface area contributed by atoms with Crippen LogP contribution in [0.4, 0.5) is 0 Å². The fourth-order valence-electron chi connectivity index (χ4n) is 3.34. The van der Waals surface area contributed by atoms with Gasteiger partial charge in [-0.25, -0.2) is 0 Å². The lowest BCUT2D eigenvalue weighted by molar-refractivity contribution is 0.0402. The molecule has 5 nitrogen and oxygen atoms in total. The fourth-order valence-corrected chi connectivity index (χ4v) is 3.34. The van der Waals surface area contributed by atoms with Crippen molar-refractivity contribution in [2.24, 2.45) is 5.92 Å². The maximum atomic E-state index is 12.9. The van der Waals surface area contributed by atoms with Gasteiger partial charge in [-0.05, 0) is 31.2 Å². The Morgan fingerprint density at radius 3 is 2.32 bits per heavy atom. The first-order valence-corrected chi connectivity index (χ1v) is 8.74. The van der Waals surface area contributed by atoms with Gasteiger partial charge in [0.2, 0.25) is 0 Å². The maximum absolute atomic E-state index is 12.9. The third-order valence-electron chi connectivity index (χ3n) is 4.91. The number of likely N-dealkylation sites (N-methyl/N-ethyl adjacent to an activating group) is 1. The molecule has 1 saturated heterocycles. The van der Waals surface area contributed by atoms with Crippen LogP contribution in [-0.4, -0.2) is 59.2 Å². The second kappa shape index (κ2) is 7.23. The Morgan fingerprint density at radius 2 is 1.72 bits per heavy atom. The van der Waals surface area contributed by atoms with E-state index in [0.717, 1.165) is 19.6 Å². The Morgan fingerprint density at radius 1 is 1.04 bits per heavy atom. The Labute approximate surface area is 148 Å². The van der Waals surface area contributed by atoms with E-state index in [1.165, 1.54) is 0 Å². The van der Waals surface area contributed by atoms with E-state index in [2.05, 4.69) is 30.8 Å². The molecule has 25 heavy (non-hydrogen) atoms. The van der Waals surface area contributed by atoms with E-state index in [9.17, 15) is 9.59 Å². The molecule has 0 radical (unpaired) electrons. The Bertz CT molecular complexity index is 735. The number of hydrogen-bond donors (Lipinski definition) is 1. The largest absolute Gasteiger partial charge is 0.367 e. The molecule has 1 fully saturated rings. The third-order valence-corrected chi connectivity index (χ3v) is 4.91. The second-order valence-corrected chi connectivity index (χ2v) is 7.08. The third kappa shape index (κ3) is 3.66. The highest BCUT2D eigenvalue weighted by Crippen LogP contribution is 2.20. The van der Waals surface area contributed by atoms with Gasteiger partial charge < -0.3 is 14.8 Å². The number of carbonyl (C=O) groups excluding carboxylic acids is 2. The second-order valence-electron chi connectivity index (χ2n) is 7.08. The van der Waals surface area contributed by atoms with Gasteiger partial charge in [0, 0.05) is 54.8 Å². The van der Waals surface area contributed by atoms with Crippen molar-refractivity contribution in [1.82, 2.24) is 14.8 Å². The summed E-state index contributed by atoms with van der Waals surface area (Å²) in [6.07, 6.45) is 3.41. The molecule has 0 unspecified atom stereocenters. The molecule has 1 aromatic heterocycles. The van der Waals surface area contributed by atoms with E-state index in [-0.39, 0.29) is 17.7 Å². The highest BCUT2D eigenvalue weighted by Gasteiger charge is 2.31. The van der Waals surface area contributed by atoms with E-state index >= 15 is 0 Å². The first-order chi connectivity index (χ1) is 12.0. The number of hydrogen-bond acceptors (Lipinski definition) is 3. The Kier molecular flexibility index (Phi) is 5.04. The number of H-pyrrole nitrogens is 1. The SMILES string of the molecule is CC(C)[C@@H]1CN(C)CCN1C(=O)c1ccc(C(=O)c2cc[nH]c2)cc1.